The van der Waals surface area contributed by atoms with Gasteiger partial charge >= 0.3 is 0 Å². The van der Waals surface area contributed by atoms with Crippen LogP contribution in [0.5, 0.6) is 5.75 Å². The molecule has 0 aliphatic rings. The van der Waals surface area contributed by atoms with E-state index in [9.17, 15) is 35.8 Å². The number of halogens is 1. The fourth-order valence-electron chi connectivity index (χ4n) is 3.73. The third-order valence-electron chi connectivity index (χ3n) is 5.56. The number of carbonyl (C=O) groups is 1. The zero-order valence-corrected chi connectivity index (χ0v) is 23.5. The molecule has 0 bridgehead atoms. The number of nitrogens with one attached hydrogen (secondary N) is 1. The summed E-state index contributed by atoms with van der Waals surface area (Å²) in [4.78, 5) is 10.1. The number of hydrogen-bond donors (Lipinski definition) is 4. The van der Waals surface area contributed by atoms with Gasteiger partial charge in [-0.1, -0.05) is 11.6 Å². The molecule has 4 N–H and O–H groups in total. The molecular formula is C25H20ClN5O8S2. The fraction of sp³-hybridized carbons (Fsp3) is 0.0800. The topological polar surface area (TPSA) is 208 Å². The van der Waals surface area contributed by atoms with Gasteiger partial charge in [-0.25, -0.2) is 0 Å². The van der Waals surface area contributed by atoms with Crippen molar-refractivity contribution in [2.45, 2.75) is 23.6 Å². The Kier molecular flexibility index (Phi) is 8.19. The number of rotatable bonds is 7. The highest BCUT2D eigenvalue weighted by atomic mass is 35.5. The van der Waals surface area contributed by atoms with E-state index in [0.29, 0.717) is 16.9 Å². The molecule has 0 saturated carbocycles. The third-order valence-corrected chi connectivity index (χ3v) is 7.55. The lowest BCUT2D eigenvalue weighted by Crippen LogP contribution is -2.05. The zero-order chi connectivity index (χ0) is 30.1. The molecule has 0 spiro atoms. The van der Waals surface area contributed by atoms with E-state index in [1.807, 2.05) is 0 Å². The molecular weight excluding hydrogens is 598 g/mol. The van der Waals surface area contributed by atoms with Crippen LogP contribution in [0, 0.1) is 6.92 Å². The normalized spacial score (nSPS) is 12.4. The van der Waals surface area contributed by atoms with Gasteiger partial charge in [-0.2, -0.15) is 27.1 Å². The number of phenols is 1. The quantitative estimate of drug-likeness (QED) is 0.128. The molecule has 1 amide bonds. The highest BCUT2D eigenvalue weighted by Gasteiger charge is 2.22. The Morgan fingerprint density at radius 3 is 2.10 bits per heavy atom. The molecule has 0 atom stereocenters. The van der Waals surface area contributed by atoms with E-state index in [0.717, 1.165) is 12.1 Å². The lowest BCUT2D eigenvalue weighted by atomic mass is 10.1. The molecule has 0 aliphatic heterocycles. The van der Waals surface area contributed by atoms with Gasteiger partial charge in [0.25, 0.3) is 20.2 Å². The Labute approximate surface area is 238 Å². The Morgan fingerprint density at radius 1 is 0.805 bits per heavy atom. The van der Waals surface area contributed by atoms with E-state index in [4.69, 9.17) is 11.6 Å². The number of fused-ring (bicyclic) bond motifs is 1. The maximum atomic E-state index is 12.1. The molecule has 0 saturated heterocycles. The van der Waals surface area contributed by atoms with Crippen LogP contribution in [-0.4, -0.2) is 37.0 Å². The second-order valence-corrected chi connectivity index (χ2v) is 11.8. The summed E-state index contributed by atoms with van der Waals surface area (Å²) in [6.07, 6.45) is 0. The summed E-state index contributed by atoms with van der Waals surface area (Å²) in [7, 11) is -9.46. The lowest BCUT2D eigenvalue weighted by molar-refractivity contribution is -0.114. The van der Waals surface area contributed by atoms with Crippen molar-refractivity contribution in [1.29, 1.82) is 0 Å². The van der Waals surface area contributed by atoms with Gasteiger partial charge in [-0.15, -0.1) is 10.2 Å². The second-order valence-electron chi connectivity index (χ2n) is 8.62. The minimum atomic E-state index is -4.85. The van der Waals surface area contributed by atoms with Gasteiger partial charge < -0.3 is 10.4 Å². The first-order chi connectivity index (χ1) is 19.1. The molecule has 4 aromatic carbocycles. The van der Waals surface area contributed by atoms with E-state index >= 15 is 0 Å². The highest BCUT2D eigenvalue weighted by Crippen LogP contribution is 2.42. The highest BCUT2D eigenvalue weighted by molar-refractivity contribution is 7.86. The van der Waals surface area contributed by atoms with Crippen LogP contribution in [0.15, 0.2) is 90.9 Å². The van der Waals surface area contributed by atoms with Gasteiger partial charge in [0.05, 0.1) is 11.4 Å². The van der Waals surface area contributed by atoms with Crippen LogP contribution in [0.25, 0.3) is 10.8 Å². The lowest BCUT2D eigenvalue weighted by Gasteiger charge is -2.10. The van der Waals surface area contributed by atoms with E-state index < -0.39 is 41.5 Å². The van der Waals surface area contributed by atoms with Crippen molar-refractivity contribution in [1.82, 2.24) is 0 Å². The molecule has 212 valence electrons. The van der Waals surface area contributed by atoms with Gasteiger partial charge in [-0.05, 0) is 78.5 Å². The Morgan fingerprint density at radius 2 is 1.46 bits per heavy atom. The van der Waals surface area contributed by atoms with Crippen LogP contribution in [0.4, 0.5) is 28.4 Å². The average Bonchev–Trinajstić information content (AvgIpc) is 2.86. The Bertz CT molecular complexity index is 2000. The Balaban J connectivity index is 1.70. The summed E-state index contributed by atoms with van der Waals surface area (Å²) in [6.45, 7) is 2.94. The summed E-state index contributed by atoms with van der Waals surface area (Å²) >= 11 is 5.81. The van der Waals surface area contributed by atoms with Gasteiger partial charge in [0.1, 0.15) is 21.2 Å². The second kappa shape index (κ2) is 11.3. The van der Waals surface area contributed by atoms with Gasteiger partial charge in [0.2, 0.25) is 5.91 Å². The number of nitrogens with zero attached hydrogens (tertiary/aromatic N) is 4. The molecule has 4 aromatic rings. The number of phenolic OH excluding ortho intramolecular Hbond substituents is 1. The molecule has 0 heterocycles. The van der Waals surface area contributed by atoms with Crippen molar-refractivity contribution < 1.29 is 35.8 Å². The van der Waals surface area contributed by atoms with Crippen LogP contribution >= 0.6 is 11.6 Å². The predicted molar refractivity (Wildman–Crippen MR) is 151 cm³/mol. The minimum Gasteiger partial charge on any atom is -0.505 e. The molecule has 13 nitrogen and oxygen atoms in total. The van der Waals surface area contributed by atoms with E-state index in [1.54, 1.807) is 6.92 Å². The van der Waals surface area contributed by atoms with Crippen LogP contribution in [0.3, 0.4) is 0 Å². The van der Waals surface area contributed by atoms with Crippen LogP contribution < -0.4 is 5.32 Å². The molecule has 0 aromatic heterocycles. The smallest absolute Gasteiger partial charge is 0.296 e. The maximum absolute atomic E-state index is 12.1. The van der Waals surface area contributed by atoms with Crippen molar-refractivity contribution in [3.63, 3.8) is 0 Å². The van der Waals surface area contributed by atoms with Crippen molar-refractivity contribution in [3.8, 4) is 5.75 Å². The van der Waals surface area contributed by atoms with Crippen LogP contribution in [0.1, 0.15) is 12.5 Å². The predicted octanol–water partition coefficient (Wildman–Crippen LogP) is 6.79. The molecule has 41 heavy (non-hydrogen) atoms. The number of anilines is 1. The van der Waals surface area contributed by atoms with Crippen LogP contribution in [-0.2, 0) is 25.0 Å². The summed E-state index contributed by atoms with van der Waals surface area (Å²) in [5.41, 5.74) is 0.729. The van der Waals surface area contributed by atoms with Crippen molar-refractivity contribution in [3.05, 3.63) is 71.2 Å². The van der Waals surface area contributed by atoms with Crippen molar-refractivity contribution >= 4 is 77.0 Å². The first-order valence-corrected chi connectivity index (χ1v) is 14.7. The van der Waals surface area contributed by atoms with E-state index in [2.05, 4.69) is 25.8 Å². The van der Waals surface area contributed by atoms with Gasteiger partial charge in [0.15, 0.2) is 5.75 Å². The summed E-state index contributed by atoms with van der Waals surface area (Å²) in [6, 6.07) is 13.6. The Hall–Kier alpha value is -4.28. The van der Waals surface area contributed by atoms with Crippen LogP contribution in [0.2, 0.25) is 5.02 Å². The zero-order valence-electron chi connectivity index (χ0n) is 21.1. The standard InChI is InChI=1S/C25H20ClN5O8S2/c1-13-9-18(5-8-20(13)29-30-21-7-3-16(26)12-22(21)40(34,35)36)28-31-24-23(41(37,38)39)11-15-10-17(27-14(2)32)4-6-19(15)25(24)33/h3-12,33H,1-2H3,(H,27,32)(H,34,35,36)(H,37,38,39). The summed E-state index contributed by atoms with van der Waals surface area (Å²) in [5.74, 6) is -0.919. The van der Waals surface area contributed by atoms with E-state index in [-0.39, 0.29) is 33.1 Å². The molecule has 0 aliphatic carbocycles. The van der Waals surface area contributed by atoms with E-state index in [1.165, 1.54) is 55.5 Å². The monoisotopic (exact) mass is 617 g/mol. The third kappa shape index (κ3) is 6.90. The molecule has 0 radical (unpaired) electrons. The summed E-state index contributed by atoms with van der Waals surface area (Å²) in [5, 5.41) is 29.6. The number of aryl methyl sites for hydroxylation is 1. The summed E-state index contributed by atoms with van der Waals surface area (Å²) < 4.78 is 66.7. The van der Waals surface area contributed by atoms with Crippen molar-refractivity contribution in [2.75, 3.05) is 5.32 Å². The first-order valence-electron chi connectivity index (χ1n) is 11.4. The van der Waals surface area contributed by atoms with Gasteiger partial charge in [0, 0.05) is 23.0 Å². The van der Waals surface area contributed by atoms with Gasteiger partial charge in [-0.3, -0.25) is 13.9 Å². The minimum absolute atomic E-state index is 0.0758. The molecule has 0 unspecified atom stereocenters. The SMILES string of the molecule is CC(=O)Nc1ccc2c(O)c(N=Nc3ccc(N=Nc4ccc(Cl)cc4S(=O)(=O)O)c(C)c3)c(S(=O)(=O)O)cc2c1. The number of benzene rings is 4. The number of amides is 1. The maximum Gasteiger partial charge on any atom is 0.296 e. The average molecular weight is 618 g/mol. The fourth-order valence-corrected chi connectivity index (χ4v) is 5.28. The number of aromatic hydroxyl groups is 1. The molecule has 0 fully saturated rings. The number of azo groups is 2. The molecule has 4 rings (SSSR count). The number of carbonyl (C=O) groups excluding carboxylic acids is 1. The van der Waals surface area contributed by atoms with Crippen molar-refractivity contribution in [2.24, 2.45) is 20.5 Å². The largest absolute Gasteiger partial charge is 0.505 e. The molecule has 16 heteroatoms. The number of hydrogen-bond acceptors (Lipinski definition) is 10. The first kappa shape index (κ1) is 29.7.